The molecule has 0 saturated heterocycles. The molecule has 2 fully saturated rings. The molecule has 3 N–H and O–H groups in total. The quantitative estimate of drug-likeness (QED) is 0.345. The topological polar surface area (TPSA) is 109 Å². The second-order valence-corrected chi connectivity index (χ2v) is 10.4. The van der Waals surface area contributed by atoms with Gasteiger partial charge in [-0.15, -0.1) is 0 Å². The van der Waals surface area contributed by atoms with Gasteiger partial charge in [-0.05, 0) is 56.7 Å². The van der Waals surface area contributed by atoms with Crippen LogP contribution in [0.3, 0.4) is 0 Å². The van der Waals surface area contributed by atoms with E-state index in [1.165, 1.54) is 24.5 Å². The molecule has 0 radical (unpaired) electrons. The van der Waals surface area contributed by atoms with Gasteiger partial charge in [-0.25, -0.2) is 23.1 Å². The van der Waals surface area contributed by atoms with Gasteiger partial charge >= 0.3 is 0 Å². The summed E-state index contributed by atoms with van der Waals surface area (Å²) in [6.45, 7) is 3.93. The molecule has 208 valence electrons. The minimum atomic E-state index is -2.68. The fourth-order valence-electron chi connectivity index (χ4n) is 5.07. The number of halogens is 3. The van der Waals surface area contributed by atoms with Crippen molar-refractivity contribution in [3.63, 3.8) is 0 Å². The van der Waals surface area contributed by atoms with E-state index in [0.717, 1.165) is 12.8 Å². The number of aromatic amines is 1. The second kappa shape index (κ2) is 11.2. The second-order valence-electron chi connectivity index (χ2n) is 10.4. The van der Waals surface area contributed by atoms with Crippen molar-refractivity contribution < 1.29 is 27.5 Å². The van der Waals surface area contributed by atoms with Crippen LogP contribution < -0.4 is 15.4 Å². The van der Waals surface area contributed by atoms with Crippen molar-refractivity contribution in [1.29, 1.82) is 0 Å². The highest BCUT2D eigenvalue weighted by atomic mass is 19.3. The van der Waals surface area contributed by atoms with Crippen LogP contribution in [-0.4, -0.2) is 51.6 Å². The largest absolute Gasteiger partial charge is 0.493 e. The Bertz CT molecular complexity index is 1370. The minimum Gasteiger partial charge on any atom is -0.493 e. The summed E-state index contributed by atoms with van der Waals surface area (Å²) < 4.78 is 48.1. The summed E-state index contributed by atoms with van der Waals surface area (Å²) in [7, 11) is 0. The third-order valence-electron chi connectivity index (χ3n) is 7.46. The Hall–Kier alpha value is -3.63. The van der Waals surface area contributed by atoms with E-state index >= 15 is 0 Å². The molecule has 5 rings (SSSR count). The van der Waals surface area contributed by atoms with E-state index in [-0.39, 0.29) is 29.5 Å². The molecule has 0 aliphatic heterocycles. The highest BCUT2D eigenvalue weighted by Crippen LogP contribution is 2.38. The smallest absolute Gasteiger partial charge is 0.263 e. The molecule has 2 amide bonds. The van der Waals surface area contributed by atoms with Crippen molar-refractivity contribution in [3.05, 3.63) is 41.3 Å². The summed E-state index contributed by atoms with van der Waals surface area (Å²) in [6, 6.07) is 3.25. The molecule has 2 aromatic heterocycles. The van der Waals surface area contributed by atoms with Gasteiger partial charge in [0, 0.05) is 35.7 Å². The third-order valence-corrected chi connectivity index (χ3v) is 7.46. The summed E-state index contributed by atoms with van der Waals surface area (Å²) in [4.78, 5) is 36.8. The minimum absolute atomic E-state index is 0.125. The first kappa shape index (κ1) is 27.0. The van der Waals surface area contributed by atoms with E-state index in [9.17, 15) is 22.8 Å². The van der Waals surface area contributed by atoms with Crippen LogP contribution in [-0.2, 0) is 4.79 Å². The van der Waals surface area contributed by atoms with Crippen LogP contribution in [0.5, 0.6) is 5.75 Å². The summed E-state index contributed by atoms with van der Waals surface area (Å²) in [5, 5.41) is 5.61. The first-order valence-corrected chi connectivity index (χ1v) is 13.4. The number of alkyl halides is 3. The lowest BCUT2D eigenvalue weighted by Crippen LogP contribution is -2.50. The number of hydrogen-bond donors (Lipinski definition) is 3. The van der Waals surface area contributed by atoms with E-state index in [2.05, 4.69) is 25.6 Å². The standard InChI is InChI=1S/C28H32F3N5O3/c1-3-22(37)35-17-7-8-20(19(29)11-17)36-28(38)23-14(2)34-26-24(32-13-33-25(23)26)18-10-16(27(30)31)6-9-21(18)39-12-15-4-5-15/h6,9-10,13,15,17,19-20,27,34H,3-5,7-8,11-12H2,1-2H3,(H,35,37)(H,36,38). The number of benzene rings is 1. The number of aryl methyl sites for hydroxylation is 1. The van der Waals surface area contributed by atoms with E-state index in [0.29, 0.717) is 65.5 Å². The number of H-pyrrole nitrogens is 1. The number of hydrogen-bond acceptors (Lipinski definition) is 5. The van der Waals surface area contributed by atoms with Crippen LogP contribution in [0, 0.1) is 12.8 Å². The van der Waals surface area contributed by atoms with E-state index in [4.69, 9.17) is 4.74 Å². The number of ether oxygens (including phenoxy) is 1. The normalized spacial score (nSPS) is 21.2. The van der Waals surface area contributed by atoms with Crippen molar-refractivity contribution in [2.45, 2.75) is 77.1 Å². The SMILES string of the molecule is CCC(=O)NC1CCC(NC(=O)c2c(C)[nH]c3c(-c4cc(C(F)F)ccc4OCC4CC4)ncnc23)C(F)C1. The molecule has 8 nitrogen and oxygen atoms in total. The van der Waals surface area contributed by atoms with Crippen LogP contribution in [0.15, 0.2) is 24.5 Å². The summed E-state index contributed by atoms with van der Waals surface area (Å²) in [5.74, 6) is 0.272. The Labute approximate surface area is 224 Å². The molecular weight excluding hydrogens is 511 g/mol. The van der Waals surface area contributed by atoms with Crippen LogP contribution in [0.4, 0.5) is 13.2 Å². The fraction of sp³-hybridized carbons (Fsp3) is 0.500. The molecule has 2 aliphatic rings. The van der Waals surface area contributed by atoms with Crippen molar-refractivity contribution in [3.8, 4) is 17.0 Å². The highest BCUT2D eigenvalue weighted by molar-refractivity contribution is 6.09. The summed E-state index contributed by atoms with van der Waals surface area (Å²) in [6.07, 6.45) is 0.828. The maximum atomic E-state index is 15.0. The van der Waals surface area contributed by atoms with E-state index in [1.807, 2.05) is 0 Å². The Morgan fingerprint density at radius 1 is 1.15 bits per heavy atom. The molecule has 1 aromatic carbocycles. The number of fused-ring (bicyclic) bond motifs is 1. The maximum absolute atomic E-state index is 15.0. The summed E-state index contributed by atoms with van der Waals surface area (Å²) in [5.41, 5.74) is 2.00. The lowest BCUT2D eigenvalue weighted by molar-refractivity contribution is -0.121. The predicted octanol–water partition coefficient (Wildman–Crippen LogP) is 5.17. The Morgan fingerprint density at radius 3 is 2.64 bits per heavy atom. The van der Waals surface area contributed by atoms with Gasteiger partial charge in [0.2, 0.25) is 5.91 Å². The zero-order valence-corrected chi connectivity index (χ0v) is 21.9. The Balaban J connectivity index is 1.42. The number of rotatable bonds is 9. The molecule has 3 aromatic rings. The molecular formula is C28H32F3N5O3. The van der Waals surface area contributed by atoms with Gasteiger partial charge in [0.1, 0.15) is 29.5 Å². The molecule has 3 unspecified atom stereocenters. The average molecular weight is 544 g/mol. The zero-order chi connectivity index (χ0) is 27.7. The van der Waals surface area contributed by atoms with Crippen LogP contribution in [0.2, 0.25) is 0 Å². The van der Waals surface area contributed by atoms with Gasteiger partial charge in [0.25, 0.3) is 12.3 Å². The van der Waals surface area contributed by atoms with Gasteiger partial charge in [0.05, 0.1) is 23.7 Å². The highest BCUT2D eigenvalue weighted by Gasteiger charge is 2.33. The molecule has 3 atom stereocenters. The van der Waals surface area contributed by atoms with Crippen LogP contribution in [0.1, 0.15) is 73.5 Å². The summed E-state index contributed by atoms with van der Waals surface area (Å²) >= 11 is 0. The molecule has 11 heteroatoms. The number of aromatic nitrogens is 3. The van der Waals surface area contributed by atoms with Crippen molar-refractivity contribution >= 4 is 22.8 Å². The Morgan fingerprint density at radius 2 is 1.95 bits per heavy atom. The lowest BCUT2D eigenvalue weighted by Gasteiger charge is -2.32. The van der Waals surface area contributed by atoms with Crippen molar-refractivity contribution in [1.82, 2.24) is 25.6 Å². The molecule has 39 heavy (non-hydrogen) atoms. The van der Waals surface area contributed by atoms with Crippen molar-refractivity contribution in [2.75, 3.05) is 6.61 Å². The number of nitrogens with zero attached hydrogens (tertiary/aromatic N) is 2. The van der Waals surface area contributed by atoms with Crippen LogP contribution >= 0.6 is 0 Å². The number of carbonyl (C=O) groups is 2. The van der Waals surface area contributed by atoms with Gasteiger partial charge in [0.15, 0.2) is 0 Å². The maximum Gasteiger partial charge on any atom is 0.263 e. The van der Waals surface area contributed by atoms with Crippen LogP contribution in [0.25, 0.3) is 22.3 Å². The van der Waals surface area contributed by atoms with E-state index < -0.39 is 24.5 Å². The molecule has 2 heterocycles. The molecule has 2 aliphatic carbocycles. The third kappa shape index (κ3) is 5.86. The molecule has 2 saturated carbocycles. The first-order chi connectivity index (χ1) is 18.7. The number of nitrogens with one attached hydrogen (secondary N) is 3. The zero-order valence-electron chi connectivity index (χ0n) is 21.9. The van der Waals surface area contributed by atoms with Crippen molar-refractivity contribution in [2.24, 2.45) is 5.92 Å². The van der Waals surface area contributed by atoms with E-state index in [1.54, 1.807) is 13.8 Å². The first-order valence-electron chi connectivity index (χ1n) is 13.4. The van der Waals surface area contributed by atoms with Gasteiger partial charge < -0.3 is 20.4 Å². The number of amides is 2. The average Bonchev–Trinajstić information content (AvgIpc) is 3.68. The number of carbonyl (C=O) groups excluding carboxylic acids is 2. The lowest BCUT2D eigenvalue weighted by atomic mass is 9.89. The monoisotopic (exact) mass is 543 g/mol. The molecule has 0 spiro atoms. The molecule has 0 bridgehead atoms. The van der Waals surface area contributed by atoms with Gasteiger partial charge in [-0.1, -0.05) is 6.92 Å². The van der Waals surface area contributed by atoms with Gasteiger partial charge in [-0.2, -0.15) is 0 Å². The fourth-order valence-corrected chi connectivity index (χ4v) is 5.07. The predicted molar refractivity (Wildman–Crippen MR) is 139 cm³/mol. The Kier molecular flexibility index (Phi) is 7.76. The van der Waals surface area contributed by atoms with Gasteiger partial charge in [-0.3, -0.25) is 9.59 Å².